The van der Waals surface area contributed by atoms with Crippen molar-refractivity contribution >= 4 is 19.8 Å². The van der Waals surface area contributed by atoms with Crippen LogP contribution < -0.4 is 0 Å². The van der Waals surface area contributed by atoms with E-state index in [0.717, 1.165) is 51.4 Å². The van der Waals surface area contributed by atoms with Gasteiger partial charge in [0.15, 0.2) is 6.10 Å². The van der Waals surface area contributed by atoms with E-state index >= 15 is 0 Å². The van der Waals surface area contributed by atoms with Crippen molar-refractivity contribution in [3.8, 4) is 0 Å². The summed E-state index contributed by atoms with van der Waals surface area (Å²) in [5.74, 6) is -0.968. The van der Waals surface area contributed by atoms with E-state index in [9.17, 15) is 19.3 Å². The summed E-state index contributed by atoms with van der Waals surface area (Å²) in [6, 6.07) is 0. The highest BCUT2D eigenvalue weighted by molar-refractivity contribution is 7.46. The molecule has 0 aliphatic rings. The number of hydrogen-bond acceptors (Lipinski definition) is 7. The van der Waals surface area contributed by atoms with Crippen molar-refractivity contribution in [3.05, 3.63) is 48.6 Å². The third-order valence-electron chi connectivity index (χ3n) is 9.17. The standard InChI is InChI=1S/C44H79O9P/c1-3-5-7-8-9-10-11-12-13-14-15-16-17-21-24-27-30-33-37-43(46)51-39-42(40-52-54(48,49)50)53-44(47)38-34-31-28-25-22-19-18-20-23-26-29-32-36-41(45)35-6-4-2/h18-19,23,25-26,28,32,36,41-42,45H,3-17,20-22,24,27,29-31,33-35,37-40H2,1-2H3,(H2,48,49,50)/b19-18-,26-23-,28-25-,36-32-/t41-,42-/m1/s1. The molecule has 0 aliphatic carbocycles. The fraction of sp³-hybridized carbons (Fsp3) is 0.773. The lowest BCUT2D eigenvalue weighted by atomic mass is 10.0. The Morgan fingerprint density at radius 3 is 1.50 bits per heavy atom. The highest BCUT2D eigenvalue weighted by Gasteiger charge is 2.22. The highest BCUT2D eigenvalue weighted by Crippen LogP contribution is 2.36. The topological polar surface area (TPSA) is 140 Å². The zero-order valence-corrected chi connectivity index (χ0v) is 35.1. The molecule has 0 unspecified atom stereocenters. The van der Waals surface area contributed by atoms with Crippen molar-refractivity contribution in [2.75, 3.05) is 13.2 Å². The first-order chi connectivity index (χ1) is 26.2. The average Bonchev–Trinajstić information content (AvgIpc) is 3.14. The van der Waals surface area contributed by atoms with E-state index in [0.29, 0.717) is 19.3 Å². The van der Waals surface area contributed by atoms with Crippen LogP contribution in [0.1, 0.15) is 194 Å². The maximum absolute atomic E-state index is 12.4. The van der Waals surface area contributed by atoms with E-state index in [2.05, 4.69) is 42.7 Å². The predicted octanol–water partition coefficient (Wildman–Crippen LogP) is 12.1. The normalized spacial score (nSPS) is 13.5. The van der Waals surface area contributed by atoms with Crippen molar-refractivity contribution in [1.29, 1.82) is 0 Å². The zero-order valence-electron chi connectivity index (χ0n) is 34.2. The lowest BCUT2D eigenvalue weighted by molar-refractivity contribution is -0.161. The van der Waals surface area contributed by atoms with Gasteiger partial charge in [0, 0.05) is 12.8 Å². The first-order valence-corrected chi connectivity index (χ1v) is 23.1. The number of phosphoric ester groups is 1. The number of carbonyl (C=O) groups is 2. The molecule has 0 aromatic heterocycles. The average molecular weight is 783 g/mol. The van der Waals surface area contributed by atoms with Crippen molar-refractivity contribution < 1.29 is 43.0 Å². The van der Waals surface area contributed by atoms with Gasteiger partial charge in [0.05, 0.1) is 12.7 Å². The number of esters is 2. The predicted molar refractivity (Wildman–Crippen MR) is 222 cm³/mol. The summed E-state index contributed by atoms with van der Waals surface area (Å²) in [6.45, 7) is 3.50. The summed E-state index contributed by atoms with van der Waals surface area (Å²) in [5.41, 5.74) is 0. The van der Waals surface area contributed by atoms with Gasteiger partial charge >= 0.3 is 19.8 Å². The number of carbonyl (C=O) groups excluding carboxylic acids is 2. The summed E-state index contributed by atoms with van der Waals surface area (Å²) in [5, 5.41) is 9.79. The molecule has 2 atom stereocenters. The zero-order chi connectivity index (χ0) is 39.8. The fourth-order valence-corrected chi connectivity index (χ4v) is 6.27. The van der Waals surface area contributed by atoms with E-state index < -0.39 is 32.5 Å². The molecule has 0 aliphatic heterocycles. The summed E-state index contributed by atoms with van der Waals surface area (Å²) < 4.78 is 26.3. The van der Waals surface area contributed by atoms with Crippen LogP contribution in [-0.2, 0) is 28.2 Å². The summed E-state index contributed by atoms with van der Waals surface area (Å²) >= 11 is 0. The van der Waals surface area contributed by atoms with Gasteiger partial charge in [-0.15, -0.1) is 0 Å². The second kappa shape index (κ2) is 39.2. The molecule has 0 saturated carbocycles. The molecule has 0 spiro atoms. The summed E-state index contributed by atoms with van der Waals surface area (Å²) in [7, 11) is -4.78. The third kappa shape index (κ3) is 41.1. The Balaban J connectivity index is 4.01. The number of hydrogen-bond donors (Lipinski definition) is 3. The lowest BCUT2D eigenvalue weighted by Gasteiger charge is -2.18. The number of aliphatic hydroxyl groups is 1. The van der Waals surface area contributed by atoms with Crippen molar-refractivity contribution in [3.63, 3.8) is 0 Å². The van der Waals surface area contributed by atoms with Crippen LogP contribution in [0.3, 0.4) is 0 Å². The smallest absolute Gasteiger partial charge is 0.462 e. The Labute approximate surface area is 329 Å². The molecule has 9 nitrogen and oxygen atoms in total. The second-order valence-corrected chi connectivity index (χ2v) is 15.7. The van der Waals surface area contributed by atoms with Gasteiger partial charge in [0.2, 0.25) is 0 Å². The van der Waals surface area contributed by atoms with Crippen molar-refractivity contribution in [2.24, 2.45) is 0 Å². The minimum atomic E-state index is -4.78. The van der Waals surface area contributed by atoms with E-state index in [1.807, 2.05) is 24.3 Å². The molecule has 0 fully saturated rings. The SMILES string of the molecule is CCCCCCCCCCCCCCCCCCCCC(=O)OC[C@H](COP(=O)(O)O)OC(=O)CCC/C=C\C/C=C\C/C=C\C/C=C\[C@H](O)CCCC. The van der Waals surface area contributed by atoms with E-state index in [1.165, 1.54) is 96.3 Å². The Hall–Kier alpha value is -2.03. The number of aliphatic hydroxyl groups excluding tert-OH is 1. The van der Waals surface area contributed by atoms with Crippen molar-refractivity contribution in [1.82, 2.24) is 0 Å². The van der Waals surface area contributed by atoms with E-state index in [4.69, 9.17) is 19.3 Å². The number of rotatable bonds is 39. The third-order valence-corrected chi connectivity index (χ3v) is 9.66. The number of phosphoric acid groups is 1. The lowest BCUT2D eigenvalue weighted by Crippen LogP contribution is -2.29. The molecule has 0 amide bonds. The number of allylic oxidation sites excluding steroid dienone is 7. The first-order valence-electron chi connectivity index (χ1n) is 21.5. The molecule has 0 bridgehead atoms. The Morgan fingerprint density at radius 1 is 0.556 bits per heavy atom. The number of unbranched alkanes of at least 4 members (excludes halogenated alkanes) is 19. The van der Waals surface area contributed by atoms with Gasteiger partial charge in [-0.05, 0) is 44.9 Å². The molecular formula is C44H79O9P. The van der Waals surface area contributed by atoms with Crippen LogP contribution in [-0.4, -0.2) is 52.3 Å². The molecule has 0 saturated heterocycles. The van der Waals surface area contributed by atoms with Gasteiger partial charge in [-0.25, -0.2) is 4.57 Å². The first kappa shape index (κ1) is 52.0. The van der Waals surface area contributed by atoms with Crippen molar-refractivity contribution in [2.45, 2.75) is 206 Å². The molecule has 10 heteroatoms. The van der Waals surface area contributed by atoms with Crippen LogP contribution in [0.15, 0.2) is 48.6 Å². The Bertz CT molecular complexity index is 1030. The molecule has 314 valence electrons. The van der Waals surface area contributed by atoms with Crippen LogP contribution in [0.4, 0.5) is 0 Å². The van der Waals surface area contributed by atoms with E-state index in [-0.39, 0.29) is 25.6 Å². The van der Waals surface area contributed by atoms with Crippen LogP contribution in [0, 0.1) is 0 Å². The largest absolute Gasteiger partial charge is 0.469 e. The molecular weight excluding hydrogens is 703 g/mol. The molecule has 0 rings (SSSR count). The van der Waals surface area contributed by atoms with Gasteiger partial charge in [0.25, 0.3) is 0 Å². The fourth-order valence-electron chi connectivity index (χ4n) is 5.91. The van der Waals surface area contributed by atoms with Gasteiger partial charge in [-0.2, -0.15) is 0 Å². The monoisotopic (exact) mass is 783 g/mol. The molecule has 0 aromatic carbocycles. The van der Waals surface area contributed by atoms with Crippen LogP contribution >= 0.6 is 7.82 Å². The second-order valence-electron chi connectivity index (χ2n) is 14.5. The summed E-state index contributed by atoms with van der Waals surface area (Å²) in [6.07, 6.45) is 44.6. The van der Waals surface area contributed by atoms with Crippen LogP contribution in [0.5, 0.6) is 0 Å². The van der Waals surface area contributed by atoms with Gasteiger partial charge < -0.3 is 24.4 Å². The van der Waals surface area contributed by atoms with Crippen LogP contribution in [0.25, 0.3) is 0 Å². The number of ether oxygens (including phenoxy) is 2. The van der Waals surface area contributed by atoms with E-state index in [1.54, 1.807) is 0 Å². The minimum Gasteiger partial charge on any atom is -0.462 e. The molecule has 54 heavy (non-hydrogen) atoms. The Morgan fingerprint density at radius 2 is 1.00 bits per heavy atom. The quantitative estimate of drug-likeness (QED) is 0.0240. The molecule has 0 heterocycles. The van der Waals surface area contributed by atoms with Gasteiger partial charge in [0.1, 0.15) is 6.61 Å². The Kier molecular flexibility index (Phi) is 37.7. The van der Waals surface area contributed by atoms with Gasteiger partial charge in [-0.3, -0.25) is 14.1 Å². The highest BCUT2D eigenvalue weighted by atomic mass is 31.2. The summed E-state index contributed by atoms with van der Waals surface area (Å²) in [4.78, 5) is 42.8. The molecule has 3 N–H and O–H groups in total. The molecule has 0 aromatic rings. The maximum atomic E-state index is 12.4. The van der Waals surface area contributed by atoms with Crippen LogP contribution in [0.2, 0.25) is 0 Å². The molecule has 0 radical (unpaired) electrons. The minimum absolute atomic E-state index is 0.120. The van der Waals surface area contributed by atoms with Gasteiger partial charge in [-0.1, -0.05) is 184 Å². The maximum Gasteiger partial charge on any atom is 0.469 e.